The molecule has 8 heteroatoms. The van der Waals surface area contributed by atoms with E-state index in [2.05, 4.69) is 9.97 Å². The monoisotopic (exact) mass is 341 g/mol. The predicted octanol–water partition coefficient (Wildman–Crippen LogP) is 4.06. The van der Waals surface area contributed by atoms with Gasteiger partial charge in [-0.1, -0.05) is 13.0 Å². The molecular weight excluding hydrogens is 323 g/mol. The van der Waals surface area contributed by atoms with E-state index >= 15 is 0 Å². The van der Waals surface area contributed by atoms with Crippen molar-refractivity contribution < 1.29 is 22.6 Å². The quantitative estimate of drug-likeness (QED) is 0.793. The van der Waals surface area contributed by atoms with Crippen molar-refractivity contribution in [3.63, 3.8) is 0 Å². The summed E-state index contributed by atoms with van der Waals surface area (Å²) in [4.78, 5) is 9.21. The maximum Gasteiger partial charge on any atom is 0.423 e. The number of aromatic nitrogens is 2. The van der Waals surface area contributed by atoms with Gasteiger partial charge in [0.1, 0.15) is 11.3 Å². The van der Waals surface area contributed by atoms with Crippen molar-refractivity contribution in [3.05, 3.63) is 36.0 Å². The Hall–Kier alpha value is -2.51. The Bertz CT molecular complexity index is 693. The van der Waals surface area contributed by atoms with Crippen molar-refractivity contribution in [1.82, 2.24) is 9.97 Å². The van der Waals surface area contributed by atoms with Crippen LogP contribution in [0.1, 0.15) is 18.9 Å². The van der Waals surface area contributed by atoms with E-state index in [4.69, 9.17) is 9.47 Å². The number of methoxy groups -OCH3 is 1. The molecule has 24 heavy (non-hydrogen) atoms. The highest BCUT2D eigenvalue weighted by molar-refractivity contribution is 5.59. The topological polar surface area (TPSA) is 47.5 Å². The first-order chi connectivity index (χ1) is 11.4. The Labute approximate surface area is 138 Å². The summed E-state index contributed by atoms with van der Waals surface area (Å²) in [5.41, 5.74) is -0.326. The van der Waals surface area contributed by atoms with E-state index in [1.807, 2.05) is 6.92 Å². The molecular formula is C16H18F3N3O2. The zero-order chi connectivity index (χ0) is 17.7. The second-order valence-electron chi connectivity index (χ2n) is 5.00. The predicted molar refractivity (Wildman–Crippen MR) is 83.9 cm³/mol. The summed E-state index contributed by atoms with van der Waals surface area (Å²) in [6.45, 7) is 2.58. The lowest BCUT2D eigenvalue weighted by Gasteiger charge is -2.19. The molecule has 5 nitrogen and oxygen atoms in total. The smallest absolute Gasteiger partial charge is 0.423 e. The average molecular weight is 341 g/mol. The van der Waals surface area contributed by atoms with Crippen LogP contribution < -0.4 is 14.4 Å². The number of hydrogen-bond donors (Lipinski definition) is 0. The molecule has 0 fully saturated rings. The molecule has 0 aliphatic rings. The lowest BCUT2D eigenvalue weighted by atomic mass is 10.3. The third kappa shape index (κ3) is 4.06. The van der Waals surface area contributed by atoms with Crippen LogP contribution in [0.2, 0.25) is 0 Å². The van der Waals surface area contributed by atoms with E-state index in [9.17, 15) is 13.2 Å². The number of halogens is 3. The minimum Gasteiger partial charge on any atom is -0.494 e. The molecule has 1 aromatic heterocycles. The number of nitrogens with zero attached hydrogens (tertiary/aromatic N) is 3. The Balaban J connectivity index is 2.31. The lowest BCUT2D eigenvalue weighted by Crippen LogP contribution is -2.16. The lowest BCUT2D eigenvalue weighted by molar-refractivity contribution is -0.139. The fourth-order valence-corrected chi connectivity index (χ4v) is 1.99. The van der Waals surface area contributed by atoms with E-state index in [0.717, 1.165) is 19.7 Å². The maximum absolute atomic E-state index is 12.9. The molecule has 0 bridgehead atoms. The first kappa shape index (κ1) is 17.8. The Kier molecular flexibility index (Phi) is 5.48. The Morgan fingerprint density at radius 2 is 2.00 bits per heavy atom. The largest absolute Gasteiger partial charge is 0.494 e. The third-order valence-electron chi connectivity index (χ3n) is 3.22. The second kappa shape index (κ2) is 7.37. The van der Waals surface area contributed by atoms with E-state index in [1.54, 1.807) is 36.2 Å². The summed E-state index contributed by atoms with van der Waals surface area (Å²) in [7, 11) is 2.79. The zero-order valence-electron chi connectivity index (χ0n) is 13.6. The molecule has 0 aliphatic carbocycles. The van der Waals surface area contributed by atoms with Gasteiger partial charge in [0.15, 0.2) is 0 Å². The molecule has 0 aliphatic heterocycles. The normalized spacial score (nSPS) is 11.2. The van der Waals surface area contributed by atoms with Gasteiger partial charge < -0.3 is 14.4 Å². The van der Waals surface area contributed by atoms with E-state index in [0.29, 0.717) is 18.0 Å². The van der Waals surface area contributed by atoms with E-state index in [1.165, 1.54) is 0 Å². The number of rotatable bonds is 6. The first-order valence-electron chi connectivity index (χ1n) is 7.31. The van der Waals surface area contributed by atoms with Gasteiger partial charge in [0.25, 0.3) is 0 Å². The van der Waals surface area contributed by atoms with Gasteiger partial charge in [-0.25, -0.2) is 4.98 Å². The Morgan fingerprint density at radius 3 is 2.62 bits per heavy atom. The van der Waals surface area contributed by atoms with Crippen LogP contribution in [0.25, 0.3) is 0 Å². The standard InChI is InChI=1S/C16H18F3N3O2/c1-4-8-24-12-7-5-6-11(9-12)22(2)15-20-10-13(16(17,18)19)14(21-15)23-3/h5-7,9-10H,4,8H2,1-3H3. The summed E-state index contributed by atoms with van der Waals surface area (Å²) in [6, 6.07) is 7.15. The number of ether oxygens (including phenoxy) is 2. The molecule has 0 saturated carbocycles. The molecule has 0 unspecified atom stereocenters. The number of benzene rings is 1. The van der Waals surface area contributed by atoms with Gasteiger partial charge in [0.05, 0.1) is 13.7 Å². The van der Waals surface area contributed by atoms with Gasteiger partial charge in [-0.05, 0) is 18.6 Å². The summed E-state index contributed by atoms with van der Waals surface area (Å²) in [5.74, 6) is 0.241. The van der Waals surface area contributed by atoms with E-state index in [-0.39, 0.29) is 5.95 Å². The molecule has 130 valence electrons. The van der Waals surface area contributed by atoms with Crippen LogP contribution in [-0.4, -0.2) is 30.7 Å². The van der Waals surface area contributed by atoms with Gasteiger partial charge in [0, 0.05) is 25.0 Å². The van der Waals surface area contributed by atoms with Gasteiger partial charge in [-0.15, -0.1) is 0 Å². The summed E-state index contributed by atoms with van der Waals surface area (Å²) < 4.78 is 48.9. The number of alkyl halides is 3. The van der Waals surface area contributed by atoms with Crippen LogP contribution >= 0.6 is 0 Å². The molecule has 1 aromatic carbocycles. The van der Waals surface area contributed by atoms with Crippen LogP contribution in [0.3, 0.4) is 0 Å². The summed E-state index contributed by atoms with van der Waals surface area (Å²) >= 11 is 0. The van der Waals surface area contributed by atoms with Gasteiger partial charge >= 0.3 is 6.18 Å². The zero-order valence-corrected chi connectivity index (χ0v) is 13.6. The first-order valence-corrected chi connectivity index (χ1v) is 7.31. The van der Waals surface area contributed by atoms with Crippen LogP contribution in [0, 0.1) is 0 Å². The van der Waals surface area contributed by atoms with Gasteiger partial charge in [-0.3, -0.25) is 0 Å². The van der Waals surface area contributed by atoms with Crippen molar-refractivity contribution in [2.24, 2.45) is 0 Å². The maximum atomic E-state index is 12.9. The highest BCUT2D eigenvalue weighted by Gasteiger charge is 2.36. The molecule has 0 saturated heterocycles. The van der Waals surface area contributed by atoms with Crippen molar-refractivity contribution >= 4 is 11.6 Å². The molecule has 1 heterocycles. The number of anilines is 2. The highest BCUT2D eigenvalue weighted by Crippen LogP contribution is 2.36. The van der Waals surface area contributed by atoms with Crippen LogP contribution in [0.4, 0.5) is 24.8 Å². The average Bonchev–Trinajstić information content (AvgIpc) is 2.58. The highest BCUT2D eigenvalue weighted by atomic mass is 19.4. The minimum absolute atomic E-state index is 0.0903. The molecule has 0 radical (unpaired) electrons. The minimum atomic E-state index is -4.57. The van der Waals surface area contributed by atoms with Crippen molar-refractivity contribution in [2.75, 3.05) is 25.7 Å². The molecule has 0 N–H and O–H groups in total. The van der Waals surface area contributed by atoms with Crippen LogP contribution in [0.15, 0.2) is 30.5 Å². The second-order valence-corrected chi connectivity index (χ2v) is 5.00. The fourth-order valence-electron chi connectivity index (χ4n) is 1.99. The third-order valence-corrected chi connectivity index (χ3v) is 3.22. The SMILES string of the molecule is CCCOc1cccc(N(C)c2ncc(C(F)(F)F)c(OC)n2)c1. The van der Waals surface area contributed by atoms with Crippen LogP contribution in [0.5, 0.6) is 11.6 Å². The van der Waals surface area contributed by atoms with Crippen molar-refractivity contribution in [1.29, 1.82) is 0 Å². The number of hydrogen-bond acceptors (Lipinski definition) is 5. The van der Waals surface area contributed by atoms with Gasteiger partial charge in [-0.2, -0.15) is 18.2 Å². The molecule has 0 amide bonds. The molecule has 0 spiro atoms. The fraction of sp³-hybridized carbons (Fsp3) is 0.375. The van der Waals surface area contributed by atoms with Crippen LogP contribution in [-0.2, 0) is 6.18 Å². The van der Waals surface area contributed by atoms with Crippen molar-refractivity contribution in [2.45, 2.75) is 19.5 Å². The molecule has 0 atom stereocenters. The molecule has 2 rings (SSSR count). The summed E-state index contributed by atoms with van der Waals surface area (Å²) in [6.07, 6.45) is -2.98. The Morgan fingerprint density at radius 1 is 1.25 bits per heavy atom. The van der Waals surface area contributed by atoms with E-state index < -0.39 is 17.6 Å². The van der Waals surface area contributed by atoms with Crippen molar-refractivity contribution in [3.8, 4) is 11.6 Å². The molecule has 2 aromatic rings. The van der Waals surface area contributed by atoms with Gasteiger partial charge in [0.2, 0.25) is 11.8 Å². The summed E-state index contributed by atoms with van der Waals surface area (Å²) in [5, 5.41) is 0.